The highest BCUT2D eigenvalue weighted by molar-refractivity contribution is 6.25. The van der Waals surface area contributed by atoms with Gasteiger partial charge in [0.05, 0.1) is 51.6 Å². The van der Waals surface area contributed by atoms with Gasteiger partial charge in [0.15, 0.2) is 11.5 Å². The monoisotopic (exact) mass is 714 g/mol. The lowest BCUT2D eigenvalue weighted by Gasteiger charge is -2.16. The predicted molar refractivity (Wildman–Crippen MR) is 227 cm³/mol. The van der Waals surface area contributed by atoms with Crippen molar-refractivity contribution in [2.24, 2.45) is 0 Å². The van der Waals surface area contributed by atoms with Crippen LogP contribution in [0, 0.1) is 6.57 Å². The topological polar surface area (TPSA) is 68.8 Å². The maximum atomic E-state index is 8.48. The van der Waals surface area contributed by atoms with Gasteiger partial charge in [-0.3, -0.25) is 0 Å². The van der Waals surface area contributed by atoms with E-state index in [4.69, 9.17) is 31.5 Å². The SMILES string of the molecule is [C-]#[N+]c1cc2nc(-c3ccccc3)c(-c3ccccc3)nc2c2c1c(-c1cccc(-c3cc(-c4ccccc4)nc(-c4ccccc4)n3)c1)nc1ccccc12. The number of hydrogen-bond acceptors (Lipinski definition) is 5. The lowest BCUT2D eigenvalue weighted by atomic mass is 9.95. The zero-order valence-corrected chi connectivity index (χ0v) is 30.0. The number of aromatic nitrogens is 5. The zero-order valence-electron chi connectivity index (χ0n) is 30.0. The largest absolute Gasteiger partial charge is 0.248 e. The van der Waals surface area contributed by atoms with Crippen molar-refractivity contribution in [2.75, 3.05) is 0 Å². The Labute approximate surface area is 323 Å². The fraction of sp³-hybridized carbons (Fsp3) is 0. The quantitative estimate of drug-likeness (QED) is 0.127. The van der Waals surface area contributed by atoms with Crippen LogP contribution in [0.15, 0.2) is 182 Å². The second-order valence-electron chi connectivity index (χ2n) is 13.5. The molecular weight excluding hydrogens is 685 g/mol. The van der Waals surface area contributed by atoms with Gasteiger partial charge in [0.2, 0.25) is 0 Å². The van der Waals surface area contributed by atoms with E-state index in [1.54, 1.807) is 0 Å². The van der Waals surface area contributed by atoms with Gasteiger partial charge >= 0.3 is 0 Å². The van der Waals surface area contributed by atoms with E-state index in [9.17, 15) is 0 Å². The molecule has 0 atom stereocenters. The molecule has 3 aromatic heterocycles. The number of rotatable bonds is 6. The summed E-state index contributed by atoms with van der Waals surface area (Å²) in [5, 5.41) is 2.50. The van der Waals surface area contributed by atoms with Crippen LogP contribution < -0.4 is 0 Å². The van der Waals surface area contributed by atoms with Crippen LogP contribution in [0.25, 0.3) is 105 Å². The van der Waals surface area contributed by atoms with Crippen LogP contribution in [0.1, 0.15) is 0 Å². The predicted octanol–water partition coefficient (Wildman–Crippen LogP) is 12.7. The molecule has 260 valence electrons. The molecule has 0 aliphatic heterocycles. The first-order chi connectivity index (χ1) is 27.7. The molecule has 0 amide bonds. The molecule has 0 saturated carbocycles. The third-order valence-electron chi connectivity index (χ3n) is 10.1. The molecule has 0 aliphatic rings. The fourth-order valence-corrected chi connectivity index (χ4v) is 7.43. The molecule has 0 spiro atoms. The van der Waals surface area contributed by atoms with Crippen LogP contribution in [0.4, 0.5) is 5.69 Å². The summed E-state index contributed by atoms with van der Waals surface area (Å²) in [6.07, 6.45) is 0. The van der Waals surface area contributed by atoms with Gasteiger partial charge in [0.25, 0.3) is 0 Å². The van der Waals surface area contributed by atoms with Crippen molar-refractivity contribution < 1.29 is 0 Å². The summed E-state index contributed by atoms with van der Waals surface area (Å²) in [6, 6.07) is 60.7. The summed E-state index contributed by atoms with van der Waals surface area (Å²) >= 11 is 0. The maximum Gasteiger partial charge on any atom is 0.199 e. The molecule has 10 rings (SSSR count). The standard InChI is InChI=1S/C50H30N6/c1-51-42-31-43-49(56-48(34-21-10-4-11-22-34)47(53-43)33-19-8-3-9-20-33)44-38-27-14-15-28-39(38)52-46(45(42)44)37-26-16-25-36(29-37)41-30-40(32-17-6-2-7-18-32)54-50(55-41)35-23-12-5-13-24-35/h2-31H. The molecule has 0 radical (unpaired) electrons. The van der Waals surface area contributed by atoms with Crippen LogP contribution in [-0.2, 0) is 0 Å². The molecule has 0 saturated heterocycles. The highest BCUT2D eigenvalue weighted by atomic mass is 14.9. The van der Waals surface area contributed by atoms with Crippen molar-refractivity contribution in [1.82, 2.24) is 24.9 Å². The van der Waals surface area contributed by atoms with Crippen LogP contribution in [0.2, 0.25) is 0 Å². The number of benzene rings is 7. The second-order valence-corrected chi connectivity index (χ2v) is 13.5. The van der Waals surface area contributed by atoms with E-state index in [1.165, 1.54) is 0 Å². The van der Waals surface area contributed by atoms with Gasteiger partial charge in [-0.15, -0.1) is 0 Å². The molecule has 0 unspecified atom stereocenters. The number of fused-ring (bicyclic) bond motifs is 5. The molecule has 7 aromatic carbocycles. The average Bonchev–Trinajstić information content (AvgIpc) is 3.29. The maximum absolute atomic E-state index is 8.48. The summed E-state index contributed by atoms with van der Waals surface area (Å²) in [6.45, 7) is 8.48. The number of nitrogens with zero attached hydrogens (tertiary/aromatic N) is 6. The molecule has 6 heteroatoms. The third-order valence-corrected chi connectivity index (χ3v) is 10.1. The smallest absolute Gasteiger partial charge is 0.199 e. The molecule has 3 heterocycles. The Kier molecular flexibility index (Phi) is 8.09. The van der Waals surface area contributed by atoms with Crippen molar-refractivity contribution in [3.8, 4) is 67.7 Å². The first kappa shape index (κ1) is 32.7. The van der Waals surface area contributed by atoms with Crippen molar-refractivity contribution >= 4 is 38.4 Å². The van der Waals surface area contributed by atoms with Gasteiger partial charge in [-0.2, -0.15) is 0 Å². The molecule has 10 aromatic rings. The minimum atomic E-state index is 0.465. The normalized spacial score (nSPS) is 11.2. The summed E-state index contributed by atoms with van der Waals surface area (Å²) in [7, 11) is 0. The van der Waals surface area contributed by atoms with E-state index < -0.39 is 0 Å². The molecule has 0 bridgehead atoms. The number of hydrogen-bond donors (Lipinski definition) is 0. The molecule has 6 nitrogen and oxygen atoms in total. The first-order valence-corrected chi connectivity index (χ1v) is 18.4. The second kappa shape index (κ2) is 13.8. The van der Waals surface area contributed by atoms with Crippen LogP contribution >= 0.6 is 0 Å². The van der Waals surface area contributed by atoms with Gasteiger partial charge in [-0.05, 0) is 24.3 Å². The third kappa shape index (κ3) is 5.81. The van der Waals surface area contributed by atoms with Gasteiger partial charge in [0.1, 0.15) is 0 Å². The van der Waals surface area contributed by atoms with E-state index in [0.29, 0.717) is 22.7 Å². The average molecular weight is 715 g/mol. The lowest BCUT2D eigenvalue weighted by molar-refractivity contribution is 1.18. The summed E-state index contributed by atoms with van der Waals surface area (Å²) < 4.78 is 0. The molecule has 0 aliphatic carbocycles. The fourth-order valence-electron chi connectivity index (χ4n) is 7.43. The Hall–Kier alpha value is -7.88. The number of para-hydroxylation sites is 1. The highest BCUT2D eigenvalue weighted by Crippen LogP contribution is 2.44. The van der Waals surface area contributed by atoms with Crippen LogP contribution in [0.5, 0.6) is 0 Å². The summed E-state index contributed by atoms with van der Waals surface area (Å²) in [5.41, 5.74) is 12.1. The van der Waals surface area contributed by atoms with Gasteiger partial charge in [-0.25, -0.2) is 29.8 Å². The molecule has 0 N–H and O–H groups in total. The lowest BCUT2D eigenvalue weighted by Crippen LogP contribution is -1.98. The van der Waals surface area contributed by atoms with Crippen LogP contribution in [-0.4, -0.2) is 24.9 Å². The van der Waals surface area contributed by atoms with Crippen molar-refractivity contribution in [2.45, 2.75) is 0 Å². The summed E-state index contributed by atoms with van der Waals surface area (Å²) in [5.74, 6) is 0.645. The Morgan fingerprint density at radius 1 is 0.357 bits per heavy atom. The van der Waals surface area contributed by atoms with E-state index >= 15 is 0 Å². The zero-order chi connectivity index (χ0) is 37.4. The van der Waals surface area contributed by atoms with Crippen molar-refractivity contribution in [1.29, 1.82) is 0 Å². The molecule has 0 fully saturated rings. The van der Waals surface area contributed by atoms with Crippen molar-refractivity contribution in [3.05, 3.63) is 193 Å². The highest BCUT2D eigenvalue weighted by Gasteiger charge is 2.22. The Balaban J connectivity index is 1.24. The summed E-state index contributed by atoms with van der Waals surface area (Å²) in [4.78, 5) is 30.2. The Bertz CT molecular complexity index is 3070. The van der Waals surface area contributed by atoms with Crippen LogP contribution in [0.3, 0.4) is 0 Å². The van der Waals surface area contributed by atoms with Gasteiger partial charge < -0.3 is 0 Å². The minimum Gasteiger partial charge on any atom is -0.248 e. The minimum absolute atomic E-state index is 0.465. The number of pyridine rings is 1. The Morgan fingerprint density at radius 2 is 0.875 bits per heavy atom. The van der Waals surface area contributed by atoms with E-state index in [1.807, 2.05) is 133 Å². The van der Waals surface area contributed by atoms with Gasteiger partial charge in [0, 0.05) is 49.5 Å². The van der Waals surface area contributed by atoms with Crippen molar-refractivity contribution in [3.63, 3.8) is 0 Å². The Morgan fingerprint density at radius 3 is 1.54 bits per heavy atom. The van der Waals surface area contributed by atoms with E-state index in [0.717, 1.165) is 83.3 Å². The first-order valence-electron chi connectivity index (χ1n) is 18.4. The van der Waals surface area contributed by atoms with E-state index in [-0.39, 0.29) is 0 Å². The van der Waals surface area contributed by atoms with E-state index in [2.05, 4.69) is 53.4 Å². The molecule has 56 heavy (non-hydrogen) atoms. The van der Waals surface area contributed by atoms with Gasteiger partial charge in [-0.1, -0.05) is 158 Å². The molecular formula is C50H30N6.